The first kappa shape index (κ1) is 22.6. The number of fused-ring (bicyclic) bond motifs is 1. The summed E-state index contributed by atoms with van der Waals surface area (Å²) in [5.74, 6) is 0.245. The van der Waals surface area contributed by atoms with Gasteiger partial charge in [-0.05, 0) is 54.8 Å². The number of nitriles is 1. The highest BCUT2D eigenvalue weighted by atomic mass is 16.1. The third kappa shape index (κ3) is 4.86. The van der Waals surface area contributed by atoms with E-state index in [0.29, 0.717) is 17.1 Å². The normalized spacial score (nSPS) is 14.2. The van der Waals surface area contributed by atoms with Crippen molar-refractivity contribution in [1.29, 1.82) is 5.26 Å². The molecule has 8 nitrogen and oxygen atoms in total. The van der Waals surface area contributed by atoms with Crippen LogP contribution in [0.25, 0.3) is 22.0 Å². The van der Waals surface area contributed by atoms with E-state index in [1.165, 1.54) is 5.56 Å². The molecule has 0 unspecified atom stereocenters. The Kier molecular flexibility index (Phi) is 6.42. The largest absolute Gasteiger partial charge is 0.366 e. The van der Waals surface area contributed by atoms with Crippen molar-refractivity contribution < 1.29 is 4.79 Å². The zero-order chi connectivity index (χ0) is 24.2. The first-order chi connectivity index (χ1) is 17.1. The van der Waals surface area contributed by atoms with Gasteiger partial charge in [0.05, 0.1) is 11.6 Å². The van der Waals surface area contributed by atoms with Crippen LogP contribution in [0.15, 0.2) is 61.1 Å². The van der Waals surface area contributed by atoms with E-state index in [9.17, 15) is 10.1 Å². The summed E-state index contributed by atoms with van der Waals surface area (Å²) >= 11 is 0. The standard InChI is InChI=1S/C27H27N7O/c28-15-19-7-8-25-24(14-19)20(16-30-25)4-3-9-33-10-12-34(13-11-33)27-31-17-21(18-32-27)22-5-1-2-6-23(22)26(29)35/h1-2,5-8,14,16-18,30H,3-4,9-13H2,(H2,29,35). The molecule has 8 heteroatoms. The van der Waals surface area contributed by atoms with E-state index in [0.717, 1.165) is 67.6 Å². The minimum absolute atomic E-state index is 0.461. The molecule has 1 amide bonds. The van der Waals surface area contributed by atoms with Gasteiger partial charge in [-0.25, -0.2) is 9.97 Å². The Morgan fingerprint density at radius 3 is 2.60 bits per heavy atom. The molecule has 1 aliphatic rings. The fraction of sp³-hybridized carbons (Fsp3) is 0.259. The van der Waals surface area contributed by atoms with E-state index in [-0.39, 0.29) is 0 Å². The van der Waals surface area contributed by atoms with Crippen molar-refractivity contribution in [2.24, 2.45) is 5.73 Å². The number of rotatable bonds is 7. The molecule has 5 rings (SSSR count). The van der Waals surface area contributed by atoms with Crippen molar-refractivity contribution >= 4 is 22.8 Å². The summed E-state index contributed by atoms with van der Waals surface area (Å²) in [6.45, 7) is 4.69. The van der Waals surface area contributed by atoms with Crippen LogP contribution in [0.1, 0.15) is 27.9 Å². The number of nitrogens with two attached hydrogens (primary N) is 1. The van der Waals surface area contributed by atoms with Gasteiger partial charge in [0, 0.05) is 66.8 Å². The van der Waals surface area contributed by atoms with Crippen molar-refractivity contribution in [2.45, 2.75) is 12.8 Å². The monoisotopic (exact) mass is 465 g/mol. The van der Waals surface area contributed by atoms with Gasteiger partial charge >= 0.3 is 0 Å². The Labute approximate surface area is 204 Å². The van der Waals surface area contributed by atoms with E-state index >= 15 is 0 Å². The summed E-state index contributed by atoms with van der Waals surface area (Å²) < 4.78 is 0. The molecule has 1 saturated heterocycles. The van der Waals surface area contributed by atoms with Crippen molar-refractivity contribution in [1.82, 2.24) is 19.9 Å². The maximum absolute atomic E-state index is 11.7. The second-order valence-electron chi connectivity index (χ2n) is 8.80. The highest BCUT2D eigenvalue weighted by molar-refractivity contribution is 5.99. The molecule has 35 heavy (non-hydrogen) atoms. The number of carbonyl (C=O) groups excluding carboxylic acids is 1. The molecule has 0 atom stereocenters. The predicted octanol–water partition coefficient (Wildman–Crippen LogP) is 3.35. The quantitative estimate of drug-likeness (QED) is 0.433. The van der Waals surface area contributed by atoms with Crippen LogP contribution in [-0.2, 0) is 6.42 Å². The molecule has 4 aromatic rings. The molecule has 0 spiro atoms. The van der Waals surface area contributed by atoms with Gasteiger partial charge in [-0.2, -0.15) is 5.26 Å². The average molecular weight is 466 g/mol. The number of nitrogens with one attached hydrogen (secondary N) is 1. The number of hydrogen-bond donors (Lipinski definition) is 2. The van der Waals surface area contributed by atoms with Crippen LogP contribution >= 0.6 is 0 Å². The number of piperazine rings is 1. The predicted molar refractivity (Wildman–Crippen MR) is 136 cm³/mol. The number of hydrogen-bond acceptors (Lipinski definition) is 6. The minimum Gasteiger partial charge on any atom is -0.366 e. The maximum Gasteiger partial charge on any atom is 0.249 e. The van der Waals surface area contributed by atoms with Crippen LogP contribution < -0.4 is 10.6 Å². The molecule has 2 aromatic heterocycles. The zero-order valence-electron chi connectivity index (χ0n) is 19.4. The van der Waals surface area contributed by atoms with Gasteiger partial charge in [0.1, 0.15) is 0 Å². The molecular formula is C27H27N7O. The average Bonchev–Trinajstić information content (AvgIpc) is 3.31. The SMILES string of the molecule is N#Cc1ccc2[nH]cc(CCCN3CCN(c4ncc(-c5ccccc5C(N)=O)cn4)CC3)c2c1. The van der Waals surface area contributed by atoms with E-state index < -0.39 is 5.91 Å². The number of aromatic nitrogens is 3. The number of benzene rings is 2. The van der Waals surface area contributed by atoms with Gasteiger partial charge in [-0.3, -0.25) is 9.69 Å². The molecule has 1 aliphatic heterocycles. The van der Waals surface area contributed by atoms with E-state index in [2.05, 4.69) is 37.0 Å². The molecule has 1 fully saturated rings. The van der Waals surface area contributed by atoms with Crippen LogP contribution in [0.3, 0.4) is 0 Å². The molecule has 0 bridgehead atoms. The van der Waals surface area contributed by atoms with Crippen LogP contribution in [0.2, 0.25) is 0 Å². The van der Waals surface area contributed by atoms with E-state index in [1.54, 1.807) is 24.5 Å². The Morgan fingerprint density at radius 1 is 1.09 bits per heavy atom. The van der Waals surface area contributed by atoms with Crippen molar-refractivity contribution in [2.75, 3.05) is 37.6 Å². The van der Waals surface area contributed by atoms with Crippen LogP contribution in [0.4, 0.5) is 5.95 Å². The summed E-state index contributed by atoms with van der Waals surface area (Å²) in [5, 5.41) is 10.3. The Hall–Kier alpha value is -4.22. The van der Waals surface area contributed by atoms with E-state index in [1.807, 2.05) is 30.3 Å². The first-order valence-electron chi connectivity index (χ1n) is 11.8. The summed E-state index contributed by atoms with van der Waals surface area (Å²) in [6, 6.07) is 15.3. The number of carbonyl (C=O) groups is 1. The number of aryl methyl sites for hydroxylation is 1. The highest BCUT2D eigenvalue weighted by Gasteiger charge is 2.19. The molecule has 0 radical (unpaired) electrons. The second kappa shape index (κ2) is 9.95. The van der Waals surface area contributed by atoms with Gasteiger partial charge in [-0.15, -0.1) is 0 Å². The molecular weight excluding hydrogens is 438 g/mol. The molecule has 176 valence electrons. The van der Waals surface area contributed by atoms with E-state index in [4.69, 9.17) is 5.73 Å². The Bertz CT molecular complexity index is 1380. The smallest absolute Gasteiger partial charge is 0.249 e. The number of amides is 1. The van der Waals surface area contributed by atoms with Gasteiger partial charge in [-0.1, -0.05) is 18.2 Å². The number of nitrogens with zero attached hydrogens (tertiary/aromatic N) is 5. The van der Waals surface area contributed by atoms with Gasteiger partial charge in [0.25, 0.3) is 0 Å². The minimum atomic E-state index is -0.461. The second-order valence-corrected chi connectivity index (χ2v) is 8.80. The van der Waals surface area contributed by atoms with Crippen LogP contribution in [0, 0.1) is 11.3 Å². The van der Waals surface area contributed by atoms with Crippen molar-refractivity contribution in [3.63, 3.8) is 0 Å². The van der Waals surface area contributed by atoms with Gasteiger partial charge in [0.15, 0.2) is 0 Å². The topological polar surface area (TPSA) is 115 Å². The van der Waals surface area contributed by atoms with Crippen LogP contribution in [-0.4, -0.2) is 58.5 Å². The number of anilines is 1. The third-order valence-corrected chi connectivity index (χ3v) is 6.61. The lowest BCUT2D eigenvalue weighted by atomic mass is 10.0. The summed E-state index contributed by atoms with van der Waals surface area (Å²) in [4.78, 5) is 28.8. The molecule has 0 aliphatic carbocycles. The summed E-state index contributed by atoms with van der Waals surface area (Å²) in [7, 11) is 0. The molecule has 3 heterocycles. The van der Waals surface area contributed by atoms with Crippen molar-refractivity contribution in [3.05, 3.63) is 77.7 Å². The molecule has 2 aromatic carbocycles. The number of primary amides is 1. The Balaban J connectivity index is 1.14. The maximum atomic E-state index is 11.7. The molecule has 3 N–H and O–H groups in total. The molecule has 0 saturated carbocycles. The van der Waals surface area contributed by atoms with Gasteiger partial charge in [0.2, 0.25) is 11.9 Å². The van der Waals surface area contributed by atoms with Crippen molar-refractivity contribution in [3.8, 4) is 17.2 Å². The fourth-order valence-electron chi connectivity index (χ4n) is 4.69. The number of H-pyrrole nitrogens is 1. The summed E-state index contributed by atoms with van der Waals surface area (Å²) in [6.07, 6.45) is 7.62. The Morgan fingerprint density at radius 2 is 1.86 bits per heavy atom. The number of aromatic amines is 1. The zero-order valence-corrected chi connectivity index (χ0v) is 19.4. The first-order valence-corrected chi connectivity index (χ1v) is 11.8. The fourth-order valence-corrected chi connectivity index (χ4v) is 4.69. The van der Waals surface area contributed by atoms with Crippen LogP contribution in [0.5, 0.6) is 0 Å². The lowest BCUT2D eigenvalue weighted by Gasteiger charge is -2.34. The summed E-state index contributed by atoms with van der Waals surface area (Å²) in [5.41, 5.74) is 10.5. The van der Waals surface area contributed by atoms with Gasteiger partial charge < -0.3 is 15.6 Å². The lowest BCUT2D eigenvalue weighted by Crippen LogP contribution is -2.47. The lowest BCUT2D eigenvalue weighted by molar-refractivity contribution is 0.100. The third-order valence-electron chi connectivity index (χ3n) is 6.61. The highest BCUT2D eigenvalue weighted by Crippen LogP contribution is 2.24.